The number of hydrogen-bond donors (Lipinski definition) is 2. The maximum Gasteiger partial charge on any atom is 0.268 e. The van der Waals surface area contributed by atoms with Crippen LogP contribution in [0.3, 0.4) is 0 Å². The lowest BCUT2D eigenvalue weighted by Gasteiger charge is -2.70. The molecule has 3 fully saturated rings. The fourth-order valence-corrected chi connectivity index (χ4v) is 9.24. The SMILES string of the molecule is CC(C)(C)[C@H](NC(=O)c1cc2ccccc2[nH]1)C(=O)N1C[C@H]2N(C(=O)C3CCCCN3S(=O)(=O)c3ccc(Cl)cc3Cl)CC21C. The number of rotatable bonds is 6. The van der Waals surface area contributed by atoms with Gasteiger partial charge >= 0.3 is 0 Å². The van der Waals surface area contributed by atoms with Crippen LogP contribution in [-0.2, 0) is 19.6 Å². The van der Waals surface area contributed by atoms with E-state index in [0.717, 1.165) is 17.3 Å². The maximum absolute atomic E-state index is 14.0. The number of H-pyrrole nitrogens is 1. The number of amides is 3. The summed E-state index contributed by atoms with van der Waals surface area (Å²) in [6, 6.07) is 11.7. The summed E-state index contributed by atoms with van der Waals surface area (Å²) in [7, 11) is -4.06. The molecular formula is C32H37Cl2N5O5S. The molecule has 4 atom stereocenters. The van der Waals surface area contributed by atoms with E-state index in [4.69, 9.17) is 23.2 Å². The Hall–Kier alpha value is -3.12. The number of sulfonamides is 1. The molecule has 6 rings (SSSR count). The first kappa shape index (κ1) is 31.8. The lowest BCUT2D eigenvalue weighted by molar-refractivity contribution is -0.209. The molecule has 3 aliphatic heterocycles. The summed E-state index contributed by atoms with van der Waals surface area (Å²) in [5, 5.41) is 4.19. The van der Waals surface area contributed by atoms with Gasteiger partial charge in [-0.15, -0.1) is 0 Å². The van der Waals surface area contributed by atoms with Gasteiger partial charge in [0.05, 0.1) is 16.6 Å². The maximum atomic E-state index is 14.0. The molecule has 4 heterocycles. The van der Waals surface area contributed by atoms with E-state index in [2.05, 4.69) is 10.3 Å². The fourth-order valence-electron chi connectivity index (χ4n) is 6.84. The number of fused-ring (bicyclic) bond motifs is 2. The van der Waals surface area contributed by atoms with Gasteiger partial charge in [0.1, 0.15) is 22.7 Å². The zero-order chi connectivity index (χ0) is 32.5. The van der Waals surface area contributed by atoms with Gasteiger partial charge in [-0.05, 0) is 55.5 Å². The number of likely N-dealkylation sites (tertiary alicyclic amines) is 2. The summed E-state index contributed by atoms with van der Waals surface area (Å²) in [5.41, 5.74) is 0.0108. The van der Waals surface area contributed by atoms with Crippen molar-refractivity contribution in [3.63, 3.8) is 0 Å². The number of aromatic nitrogens is 1. The van der Waals surface area contributed by atoms with Crippen LogP contribution < -0.4 is 5.32 Å². The smallest absolute Gasteiger partial charge is 0.268 e. The Kier molecular flexibility index (Phi) is 7.99. The minimum atomic E-state index is -4.06. The third-order valence-corrected chi connectivity index (χ3v) is 12.1. The molecule has 0 spiro atoms. The molecule has 3 amide bonds. The van der Waals surface area contributed by atoms with Crippen LogP contribution in [0, 0.1) is 5.41 Å². The van der Waals surface area contributed by atoms with E-state index in [0.29, 0.717) is 30.1 Å². The average Bonchev–Trinajstić information content (AvgIpc) is 3.42. The molecule has 0 bridgehead atoms. The highest BCUT2D eigenvalue weighted by molar-refractivity contribution is 7.89. The van der Waals surface area contributed by atoms with Crippen LogP contribution in [-0.4, -0.2) is 88.5 Å². The average molecular weight is 675 g/mol. The molecular weight excluding hydrogens is 637 g/mol. The van der Waals surface area contributed by atoms with Crippen molar-refractivity contribution >= 4 is 61.8 Å². The second-order valence-corrected chi connectivity index (χ2v) is 16.2. The molecule has 3 aromatic rings. The van der Waals surface area contributed by atoms with Crippen molar-refractivity contribution in [2.45, 2.75) is 75.5 Å². The number of halogens is 2. The Labute approximate surface area is 273 Å². The highest BCUT2D eigenvalue weighted by Gasteiger charge is 2.66. The lowest BCUT2D eigenvalue weighted by atomic mass is 9.70. The Morgan fingerprint density at radius 1 is 1.07 bits per heavy atom. The molecule has 0 saturated carbocycles. The normalized spacial score (nSPS) is 24.4. The number of para-hydroxylation sites is 1. The molecule has 0 aliphatic carbocycles. The second kappa shape index (κ2) is 11.3. The lowest BCUT2D eigenvalue weighted by Crippen LogP contribution is -2.89. The third kappa shape index (κ3) is 5.41. The van der Waals surface area contributed by atoms with E-state index in [-0.39, 0.29) is 46.8 Å². The van der Waals surface area contributed by atoms with Gasteiger partial charge in [-0.25, -0.2) is 8.42 Å². The predicted octanol–water partition coefficient (Wildman–Crippen LogP) is 4.67. The first-order chi connectivity index (χ1) is 21.1. The molecule has 3 aliphatic rings. The van der Waals surface area contributed by atoms with E-state index in [9.17, 15) is 22.8 Å². The van der Waals surface area contributed by atoms with Crippen molar-refractivity contribution in [1.82, 2.24) is 24.4 Å². The molecule has 13 heteroatoms. The van der Waals surface area contributed by atoms with Gasteiger partial charge in [-0.2, -0.15) is 4.31 Å². The van der Waals surface area contributed by atoms with E-state index in [1.54, 1.807) is 15.9 Å². The van der Waals surface area contributed by atoms with E-state index < -0.39 is 33.1 Å². The van der Waals surface area contributed by atoms with Crippen LogP contribution in [0.25, 0.3) is 10.9 Å². The number of aromatic amines is 1. The molecule has 0 radical (unpaired) electrons. The third-order valence-electron chi connectivity index (χ3n) is 9.49. The number of carbonyl (C=O) groups is 3. The molecule has 2 aromatic carbocycles. The van der Waals surface area contributed by atoms with Gasteiger partial charge in [0.15, 0.2) is 0 Å². The van der Waals surface area contributed by atoms with Crippen LogP contribution in [0.15, 0.2) is 53.4 Å². The number of hydrogen-bond acceptors (Lipinski definition) is 5. The highest BCUT2D eigenvalue weighted by Crippen LogP contribution is 2.46. The Morgan fingerprint density at radius 3 is 2.44 bits per heavy atom. The summed E-state index contributed by atoms with van der Waals surface area (Å²) in [5.74, 6) is -0.846. The number of nitrogens with one attached hydrogen (secondary N) is 2. The summed E-state index contributed by atoms with van der Waals surface area (Å²) in [4.78, 5) is 47.6. The summed E-state index contributed by atoms with van der Waals surface area (Å²) in [6.07, 6.45) is 1.76. The first-order valence-corrected chi connectivity index (χ1v) is 17.3. The number of piperazine rings is 1. The largest absolute Gasteiger partial charge is 0.351 e. The van der Waals surface area contributed by atoms with Crippen LogP contribution in [0.5, 0.6) is 0 Å². The van der Waals surface area contributed by atoms with Crippen molar-refractivity contribution in [3.8, 4) is 0 Å². The molecule has 1 aromatic heterocycles. The Morgan fingerprint density at radius 2 is 1.80 bits per heavy atom. The fraction of sp³-hybridized carbons (Fsp3) is 0.469. The Balaban J connectivity index is 1.16. The standard InChI is InChI=1S/C32H37Cl2N5O5S/c1-31(2,3)27(36-28(40)23-15-19-9-5-6-10-22(19)35-23)30(42)38-17-26-32(38,4)18-37(26)29(41)24-11-7-8-14-39(24)45(43,44)25-13-12-20(33)16-21(25)34/h5-6,9-10,12-13,15-16,24,26-27,35H,7-8,11,14,17-18H2,1-4H3,(H,36,40)/t24?,26-,27-,32?/m1/s1. The number of carbonyl (C=O) groups excluding carboxylic acids is 3. The van der Waals surface area contributed by atoms with Crippen LogP contribution >= 0.6 is 23.2 Å². The highest BCUT2D eigenvalue weighted by atomic mass is 35.5. The second-order valence-electron chi connectivity index (χ2n) is 13.5. The molecule has 240 valence electrons. The van der Waals surface area contributed by atoms with Gasteiger partial charge in [0, 0.05) is 35.6 Å². The molecule has 2 unspecified atom stereocenters. The molecule has 2 N–H and O–H groups in total. The minimum absolute atomic E-state index is 0.00831. The number of benzene rings is 2. The van der Waals surface area contributed by atoms with Gasteiger partial charge in [0.2, 0.25) is 21.8 Å². The van der Waals surface area contributed by atoms with E-state index in [1.165, 1.54) is 22.5 Å². The zero-order valence-electron chi connectivity index (χ0n) is 25.6. The minimum Gasteiger partial charge on any atom is -0.351 e. The Bertz CT molecular complexity index is 1770. The van der Waals surface area contributed by atoms with Crippen molar-refractivity contribution in [1.29, 1.82) is 0 Å². The van der Waals surface area contributed by atoms with Crippen LogP contribution in [0.2, 0.25) is 10.0 Å². The summed E-state index contributed by atoms with van der Waals surface area (Å²) < 4.78 is 28.6. The van der Waals surface area contributed by atoms with Gasteiger partial charge in [0.25, 0.3) is 5.91 Å². The molecule has 10 nitrogen and oxygen atoms in total. The van der Waals surface area contributed by atoms with Crippen molar-refractivity contribution < 1.29 is 22.8 Å². The predicted molar refractivity (Wildman–Crippen MR) is 173 cm³/mol. The first-order valence-electron chi connectivity index (χ1n) is 15.1. The van der Waals surface area contributed by atoms with E-state index >= 15 is 0 Å². The van der Waals surface area contributed by atoms with Crippen molar-refractivity contribution in [3.05, 3.63) is 64.3 Å². The van der Waals surface area contributed by atoms with Gasteiger partial charge in [-0.3, -0.25) is 14.4 Å². The summed E-state index contributed by atoms with van der Waals surface area (Å²) >= 11 is 12.3. The van der Waals surface area contributed by atoms with Crippen molar-refractivity contribution in [2.75, 3.05) is 19.6 Å². The van der Waals surface area contributed by atoms with Gasteiger partial charge in [-0.1, -0.05) is 68.6 Å². The van der Waals surface area contributed by atoms with Crippen LogP contribution in [0.4, 0.5) is 0 Å². The monoisotopic (exact) mass is 673 g/mol. The van der Waals surface area contributed by atoms with Crippen LogP contribution in [0.1, 0.15) is 57.4 Å². The molecule has 3 saturated heterocycles. The number of nitrogens with zero attached hydrogens (tertiary/aromatic N) is 3. The van der Waals surface area contributed by atoms with E-state index in [1.807, 2.05) is 52.0 Å². The zero-order valence-corrected chi connectivity index (χ0v) is 28.0. The van der Waals surface area contributed by atoms with Crippen molar-refractivity contribution in [2.24, 2.45) is 5.41 Å². The quantitative estimate of drug-likeness (QED) is 0.394. The summed E-state index contributed by atoms with van der Waals surface area (Å²) in [6.45, 7) is 8.44. The number of piperidine rings is 1. The topological polar surface area (TPSA) is 123 Å². The van der Waals surface area contributed by atoms with Gasteiger partial charge < -0.3 is 20.1 Å². The molecule has 45 heavy (non-hydrogen) atoms.